The molecule has 0 saturated heterocycles. The van der Waals surface area contributed by atoms with Crippen molar-refractivity contribution in [3.8, 4) is 0 Å². The van der Waals surface area contributed by atoms with Gasteiger partial charge in [0.15, 0.2) is 0 Å². The lowest BCUT2D eigenvalue weighted by molar-refractivity contribution is 0.0592. The summed E-state index contributed by atoms with van der Waals surface area (Å²) in [7, 11) is 0. The highest BCUT2D eigenvalue weighted by molar-refractivity contribution is 6.00. The number of halogens is 2. The van der Waals surface area contributed by atoms with Crippen LogP contribution in [0, 0.1) is 11.6 Å². The second-order valence-corrected chi connectivity index (χ2v) is 10.2. The number of carbonyl (C=O) groups is 2. The van der Waals surface area contributed by atoms with E-state index in [1.165, 1.54) is 40.6 Å². The van der Waals surface area contributed by atoms with Gasteiger partial charge in [-0.05, 0) is 55.9 Å². The van der Waals surface area contributed by atoms with Crippen molar-refractivity contribution < 1.29 is 18.4 Å². The van der Waals surface area contributed by atoms with Crippen LogP contribution in [0.5, 0.6) is 0 Å². The molecule has 10 heteroatoms. The molecule has 1 fully saturated rings. The van der Waals surface area contributed by atoms with Gasteiger partial charge in [-0.15, -0.1) is 0 Å². The molecule has 6 rings (SSSR count). The number of hydrogen-bond donors (Lipinski definition) is 1. The lowest BCUT2D eigenvalue weighted by atomic mass is 9.89. The van der Waals surface area contributed by atoms with E-state index in [-0.39, 0.29) is 35.2 Å². The number of fused-ring (bicyclic) bond motifs is 2. The van der Waals surface area contributed by atoms with Crippen molar-refractivity contribution >= 4 is 23.3 Å². The first-order valence-corrected chi connectivity index (χ1v) is 13.1. The van der Waals surface area contributed by atoms with Gasteiger partial charge in [-0.25, -0.2) is 18.7 Å². The number of anilines is 1. The number of imidazole rings is 1. The molecule has 0 spiro atoms. The van der Waals surface area contributed by atoms with Crippen LogP contribution in [0.3, 0.4) is 0 Å². The molecule has 4 aromatic rings. The van der Waals surface area contributed by atoms with Crippen LogP contribution in [0.15, 0.2) is 67.1 Å². The van der Waals surface area contributed by atoms with E-state index < -0.39 is 11.6 Å². The predicted octanol–water partition coefficient (Wildman–Crippen LogP) is 4.21. The minimum absolute atomic E-state index is 0.0283. The summed E-state index contributed by atoms with van der Waals surface area (Å²) in [6, 6.07) is 14.1. The first-order valence-electron chi connectivity index (χ1n) is 13.1. The highest BCUT2D eigenvalue weighted by Gasteiger charge is 2.37. The summed E-state index contributed by atoms with van der Waals surface area (Å²) >= 11 is 0. The fourth-order valence-electron chi connectivity index (χ4n) is 5.54. The van der Waals surface area contributed by atoms with Crippen LogP contribution < -0.4 is 10.2 Å². The third-order valence-electron chi connectivity index (χ3n) is 7.58. The van der Waals surface area contributed by atoms with E-state index in [9.17, 15) is 18.4 Å². The Balaban J connectivity index is 1.11. The average molecular weight is 531 g/mol. The molecule has 2 amide bonds. The molecule has 1 N–H and O–H groups in total. The van der Waals surface area contributed by atoms with Crippen molar-refractivity contribution in [1.82, 2.24) is 24.6 Å². The molecule has 2 aliphatic rings. The average Bonchev–Trinajstić information content (AvgIpc) is 3.37. The van der Waals surface area contributed by atoms with Gasteiger partial charge in [0, 0.05) is 31.0 Å². The van der Waals surface area contributed by atoms with Gasteiger partial charge < -0.3 is 19.5 Å². The number of pyridine rings is 2. The Morgan fingerprint density at radius 2 is 1.79 bits per heavy atom. The van der Waals surface area contributed by atoms with Crippen LogP contribution in [0.25, 0.3) is 5.65 Å². The SMILES string of the molecule is O=C(N[C@H]1CC[C@@H](N2CN(CCc3ccccc3)c3ncc(F)cc3C2=O)CC1)c1cn2cc(F)ccc2n1. The molecule has 39 heavy (non-hydrogen) atoms. The van der Waals surface area contributed by atoms with Gasteiger partial charge in [0.1, 0.15) is 28.8 Å². The van der Waals surface area contributed by atoms with Crippen molar-refractivity contribution in [1.29, 1.82) is 0 Å². The van der Waals surface area contributed by atoms with Crippen LogP contribution in [-0.4, -0.2) is 56.4 Å². The molecule has 1 aliphatic heterocycles. The lowest BCUT2D eigenvalue weighted by Crippen LogP contribution is -2.54. The Morgan fingerprint density at radius 1 is 1.00 bits per heavy atom. The summed E-state index contributed by atoms with van der Waals surface area (Å²) < 4.78 is 29.1. The molecule has 4 heterocycles. The third-order valence-corrected chi connectivity index (χ3v) is 7.58. The van der Waals surface area contributed by atoms with Gasteiger partial charge >= 0.3 is 0 Å². The summed E-state index contributed by atoms with van der Waals surface area (Å²) in [5.41, 5.74) is 2.19. The molecular formula is C29H28F2N6O2. The number of amides is 2. The van der Waals surface area contributed by atoms with Crippen LogP contribution in [0.1, 0.15) is 52.1 Å². The molecule has 200 valence electrons. The van der Waals surface area contributed by atoms with Crippen molar-refractivity contribution in [2.45, 2.75) is 44.2 Å². The van der Waals surface area contributed by atoms with Gasteiger partial charge in [0.05, 0.1) is 18.4 Å². The topological polar surface area (TPSA) is 82.8 Å². The maximum Gasteiger partial charge on any atom is 0.271 e. The molecule has 0 bridgehead atoms. The number of aromatic nitrogens is 3. The number of hydrogen-bond acceptors (Lipinski definition) is 5. The van der Waals surface area contributed by atoms with Crippen LogP contribution in [-0.2, 0) is 6.42 Å². The summed E-state index contributed by atoms with van der Waals surface area (Å²) in [6.45, 7) is 1.03. The summed E-state index contributed by atoms with van der Waals surface area (Å²) in [4.78, 5) is 38.7. The number of rotatable bonds is 6. The van der Waals surface area contributed by atoms with Gasteiger partial charge in [-0.2, -0.15) is 0 Å². The van der Waals surface area contributed by atoms with Crippen molar-refractivity contribution in [3.63, 3.8) is 0 Å². The normalized spacial score (nSPS) is 19.3. The Kier molecular flexibility index (Phi) is 6.68. The highest BCUT2D eigenvalue weighted by Crippen LogP contribution is 2.31. The monoisotopic (exact) mass is 530 g/mol. The first-order chi connectivity index (χ1) is 18.9. The Hall–Kier alpha value is -4.34. The molecule has 1 aliphatic carbocycles. The molecule has 3 aromatic heterocycles. The first kappa shape index (κ1) is 25.0. The largest absolute Gasteiger partial charge is 0.348 e. The zero-order valence-electron chi connectivity index (χ0n) is 21.3. The third kappa shape index (κ3) is 5.19. The molecule has 1 saturated carbocycles. The second-order valence-electron chi connectivity index (χ2n) is 10.2. The maximum absolute atomic E-state index is 14.1. The lowest BCUT2D eigenvalue weighted by Gasteiger charge is -2.43. The second kappa shape index (κ2) is 10.4. The highest BCUT2D eigenvalue weighted by atomic mass is 19.1. The summed E-state index contributed by atoms with van der Waals surface area (Å²) in [5.74, 6) is -0.941. The number of carbonyl (C=O) groups excluding carboxylic acids is 2. The van der Waals surface area contributed by atoms with E-state index >= 15 is 0 Å². The minimum atomic E-state index is -0.534. The number of nitrogens with zero attached hydrogens (tertiary/aromatic N) is 5. The Bertz CT molecular complexity index is 1520. The van der Waals surface area contributed by atoms with Crippen LogP contribution in [0.4, 0.5) is 14.6 Å². The standard InChI is InChI=1S/C29H28F2N6O2/c30-20-6-11-26-34-25(17-36(26)16-20)28(38)33-22-7-9-23(10-8-22)37-18-35(13-12-19-4-2-1-3-5-19)27-24(29(37)39)14-21(31)15-32-27/h1-6,11,14-17,22-23H,7-10,12-13,18H2,(H,33,38)/t22-,23+. The number of benzene rings is 1. The quantitative estimate of drug-likeness (QED) is 0.404. The summed E-state index contributed by atoms with van der Waals surface area (Å²) in [6.07, 6.45) is 7.53. The molecular weight excluding hydrogens is 502 g/mol. The van der Waals surface area contributed by atoms with Gasteiger partial charge in [0.2, 0.25) is 0 Å². The Morgan fingerprint density at radius 3 is 2.59 bits per heavy atom. The van der Waals surface area contributed by atoms with Crippen molar-refractivity contribution in [3.05, 3.63) is 95.6 Å². The zero-order valence-corrected chi connectivity index (χ0v) is 21.3. The Labute approximate surface area is 224 Å². The minimum Gasteiger partial charge on any atom is -0.348 e. The fourth-order valence-corrected chi connectivity index (χ4v) is 5.54. The van der Waals surface area contributed by atoms with E-state index in [2.05, 4.69) is 27.4 Å². The molecule has 0 atom stereocenters. The van der Waals surface area contributed by atoms with E-state index in [1.807, 2.05) is 28.0 Å². The molecule has 8 nitrogen and oxygen atoms in total. The van der Waals surface area contributed by atoms with Gasteiger partial charge in [-0.3, -0.25) is 9.59 Å². The molecule has 0 unspecified atom stereocenters. The fraction of sp³-hybridized carbons (Fsp3) is 0.310. The van der Waals surface area contributed by atoms with Crippen LogP contribution >= 0.6 is 0 Å². The predicted molar refractivity (Wildman–Crippen MR) is 141 cm³/mol. The smallest absolute Gasteiger partial charge is 0.271 e. The van der Waals surface area contributed by atoms with E-state index in [1.54, 1.807) is 0 Å². The van der Waals surface area contributed by atoms with Crippen LogP contribution in [0.2, 0.25) is 0 Å². The molecule has 1 aromatic carbocycles. The van der Waals surface area contributed by atoms with Crippen molar-refractivity contribution in [2.24, 2.45) is 0 Å². The molecule has 0 radical (unpaired) electrons. The van der Waals surface area contributed by atoms with Crippen molar-refractivity contribution in [2.75, 3.05) is 18.1 Å². The van der Waals surface area contributed by atoms with E-state index in [0.717, 1.165) is 12.6 Å². The maximum atomic E-state index is 14.1. The number of nitrogens with one attached hydrogen (secondary N) is 1. The van der Waals surface area contributed by atoms with E-state index in [0.29, 0.717) is 50.4 Å². The van der Waals surface area contributed by atoms with Gasteiger partial charge in [-0.1, -0.05) is 30.3 Å². The summed E-state index contributed by atoms with van der Waals surface area (Å²) in [5, 5.41) is 3.03. The van der Waals surface area contributed by atoms with Gasteiger partial charge in [0.25, 0.3) is 11.8 Å². The van der Waals surface area contributed by atoms with E-state index in [4.69, 9.17) is 0 Å². The zero-order chi connectivity index (χ0) is 26.9.